The Kier molecular flexibility index (Phi) is 3.97. The van der Waals surface area contributed by atoms with Crippen LogP contribution >= 0.6 is 0 Å². The summed E-state index contributed by atoms with van der Waals surface area (Å²) in [6.07, 6.45) is 0. The van der Waals surface area contributed by atoms with E-state index in [4.69, 9.17) is 0 Å². The van der Waals surface area contributed by atoms with E-state index < -0.39 is 0 Å². The van der Waals surface area contributed by atoms with E-state index in [0.717, 1.165) is 13.1 Å². The van der Waals surface area contributed by atoms with Crippen molar-refractivity contribution < 1.29 is 4.79 Å². The summed E-state index contributed by atoms with van der Waals surface area (Å²) >= 11 is 0. The third kappa shape index (κ3) is 2.84. The van der Waals surface area contributed by atoms with Gasteiger partial charge in [-0.2, -0.15) is 0 Å². The summed E-state index contributed by atoms with van der Waals surface area (Å²) in [5.74, 6) is 0.565. The molecule has 4 heteroatoms. The highest BCUT2D eigenvalue weighted by molar-refractivity contribution is 5.74. The Morgan fingerprint density at radius 1 is 1.47 bits per heavy atom. The number of piperazine rings is 1. The SMILES string of the molecule is CC(C)C1CN(C(=O)N(C)C)C(C)CN1. The molecule has 0 bridgehead atoms. The van der Waals surface area contributed by atoms with Crippen molar-refractivity contribution in [1.82, 2.24) is 15.1 Å². The number of hydrogen-bond donors (Lipinski definition) is 1. The number of urea groups is 1. The highest BCUT2D eigenvalue weighted by Gasteiger charge is 2.30. The zero-order valence-corrected chi connectivity index (χ0v) is 10.4. The van der Waals surface area contributed by atoms with Gasteiger partial charge in [-0.25, -0.2) is 4.79 Å². The predicted molar refractivity (Wildman–Crippen MR) is 61.9 cm³/mol. The van der Waals surface area contributed by atoms with Gasteiger partial charge in [0.05, 0.1) is 0 Å². The maximum Gasteiger partial charge on any atom is 0.319 e. The van der Waals surface area contributed by atoms with Gasteiger partial charge in [-0.05, 0) is 12.8 Å². The normalized spacial score (nSPS) is 26.9. The maximum atomic E-state index is 11.9. The number of nitrogens with zero attached hydrogens (tertiary/aromatic N) is 2. The fourth-order valence-corrected chi connectivity index (χ4v) is 1.86. The molecule has 88 valence electrons. The first-order valence-electron chi connectivity index (χ1n) is 5.64. The minimum atomic E-state index is 0.120. The molecular weight excluding hydrogens is 190 g/mol. The third-order valence-corrected chi connectivity index (χ3v) is 3.03. The minimum Gasteiger partial charge on any atom is -0.331 e. The van der Waals surface area contributed by atoms with Crippen molar-refractivity contribution >= 4 is 6.03 Å². The van der Waals surface area contributed by atoms with Crippen LogP contribution in [0, 0.1) is 5.92 Å². The summed E-state index contributed by atoms with van der Waals surface area (Å²) in [6.45, 7) is 8.17. The Morgan fingerprint density at radius 3 is 2.53 bits per heavy atom. The summed E-state index contributed by atoms with van der Waals surface area (Å²) in [7, 11) is 3.61. The van der Waals surface area contributed by atoms with E-state index in [1.54, 1.807) is 4.90 Å². The van der Waals surface area contributed by atoms with Crippen molar-refractivity contribution in [3.05, 3.63) is 0 Å². The molecular formula is C11H23N3O. The van der Waals surface area contributed by atoms with Crippen molar-refractivity contribution in [2.75, 3.05) is 27.2 Å². The molecule has 0 radical (unpaired) electrons. The third-order valence-electron chi connectivity index (χ3n) is 3.03. The molecule has 2 unspecified atom stereocenters. The van der Waals surface area contributed by atoms with Crippen molar-refractivity contribution in [1.29, 1.82) is 0 Å². The van der Waals surface area contributed by atoms with Gasteiger partial charge >= 0.3 is 6.03 Å². The van der Waals surface area contributed by atoms with Crippen LogP contribution in [0.3, 0.4) is 0 Å². The van der Waals surface area contributed by atoms with Crippen molar-refractivity contribution in [3.63, 3.8) is 0 Å². The summed E-state index contributed by atoms with van der Waals surface area (Å²) < 4.78 is 0. The fourth-order valence-electron chi connectivity index (χ4n) is 1.86. The average Bonchev–Trinajstić information content (AvgIpc) is 2.16. The summed E-state index contributed by atoms with van der Waals surface area (Å²) in [4.78, 5) is 15.5. The van der Waals surface area contributed by atoms with Gasteiger partial charge in [-0.1, -0.05) is 13.8 Å². The molecule has 1 fully saturated rings. The van der Waals surface area contributed by atoms with Crippen molar-refractivity contribution in [3.8, 4) is 0 Å². The quantitative estimate of drug-likeness (QED) is 0.705. The van der Waals surface area contributed by atoms with Gasteiger partial charge in [0.15, 0.2) is 0 Å². The number of rotatable bonds is 1. The number of carbonyl (C=O) groups is 1. The van der Waals surface area contributed by atoms with Crippen LogP contribution in [0.25, 0.3) is 0 Å². The van der Waals surface area contributed by atoms with Crippen molar-refractivity contribution in [2.24, 2.45) is 5.92 Å². The summed E-state index contributed by atoms with van der Waals surface area (Å²) in [5, 5.41) is 3.48. The lowest BCUT2D eigenvalue weighted by atomic mass is 10.00. The number of amides is 2. The Labute approximate surface area is 92.6 Å². The number of carbonyl (C=O) groups excluding carboxylic acids is 1. The average molecular weight is 213 g/mol. The van der Waals surface area contributed by atoms with Crippen LogP contribution in [-0.2, 0) is 0 Å². The van der Waals surface area contributed by atoms with Gasteiger partial charge < -0.3 is 15.1 Å². The molecule has 1 aliphatic rings. The van der Waals surface area contributed by atoms with Crippen LogP contribution in [0.15, 0.2) is 0 Å². The molecule has 2 atom stereocenters. The van der Waals surface area contributed by atoms with Gasteiger partial charge in [0.2, 0.25) is 0 Å². The van der Waals surface area contributed by atoms with Gasteiger partial charge in [-0.3, -0.25) is 0 Å². The first kappa shape index (κ1) is 12.3. The molecule has 4 nitrogen and oxygen atoms in total. The molecule has 1 N–H and O–H groups in total. The molecule has 0 aromatic carbocycles. The van der Waals surface area contributed by atoms with Gasteiger partial charge in [0.1, 0.15) is 0 Å². The number of nitrogens with one attached hydrogen (secondary N) is 1. The van der Waals surface area contributed by atoms with E-state index in [2.05, 4.69) is 26.1 Å². The van der Waals surface area contributed by atoms with Crippen molar-refractivity contribution in [2.45, 2.75) is 32.9 Å². The smallest absolute Gasteiger partial charge is 0.319 e. The topological polar surface area (TPSA) is 35.6 Å². The minimum absolute atomic E-state index is 0.120. The second kappa shape index (κ2) is 4.84. The van der Waals surface area contributed by atoms with E-state index in [1.165, 1.54) is 0 Å². The molecule has 0 spiro atoms. The molecule has 2 amide bonds. The molecule has 15 heavy (non-hydrogen) atoms. The van der Waals surface area contributed by atoms with Crippen LogP contribution < -0.4 is 5.32 Å². The van der Waals surface area contributed by atoms with Gasteiger partial charge in [0.25, 0.3) is 0 Å². The van der Waals surface area contributed by atoms with E-state index in [0.29, 0.717) is 12.0 Å². The molecule has 1 saturated heterocycles. The lowest BCUT2D eigenvalue weighted by Gasteiger charge is -2.41. The van der Waals surface area contributed by atoms with E-state index >= 15 is 0 Å². The van der Waals surface area contributed by atoms with Gasteiger partial charge in [0, 0.05) is 39.3 Å². The maximum absolute atomic E-state index is 11.9. The fraction of sp³-hybridized carbons (Fsp3) is 0.909. The lowest BCUT2D eigenvalue weighted by Crippen LogP contribution is -2.60. The summed E-state index contributed by atoms with van der Waals surface area (Å²) in [6, 6.07) is 0.828. The second-order valence-corrected chi connectivity index (χ2v) is 4.94. The molecule has 1 aliphatic heterocycles. The highest BCUT2D eigenvalue weighted by Crippen LogP contribution is 2.13. The Hall–Kier alpha value is -0.770. The molecule has 0 aliphatic carbocycles. The van der Waals surface area contributed by atoms with Gasteiger partial charge in [-0.15, -0.1) is 0 Å². The monoisotopic (exact) mass is 213 g/mol. The first-order chi connectivity index (χ1) is 6.93. The zero-order chi connectivity index (χ0) is 11.6. The van der Waals surface area contributed by atoms with E-state index in [-0.39, 0.29) is 12.1 Å². The summed E-state index contributed by atoms with van der Waals surface area (Å²) in [5.41, 5.74) is 0. The zero-order valence-electron chi connectivity index (χ0n) is 10.4. The standard InChI is InChI=1S/C11H23N3O/c1-8(2)10-7-14(9(3)6-12-10)11(15)13(4)5/h8-10,12H,6-7H2,1-5H3. The second-order valence-electron chi connectivity index (χ2n) is 4.94. The van der Waals surface area contributed by atoms with E-state index in [9.17, 15) is 4.79 Å². The largest absolute Gasteiger partial charge is 0.331 e. The Balaban J connectivity index is 2.65. The molecule has 0 aromatic heterocycles. The predicted octanol–water partition coefficient (Wildman–Crippen LogP) is 0.986. The van der Waals surface area contributed by atoms with Crippen LogP contribution in [0.1, 0.15) is 20.8 Å². The number of hydrogen-bond acceptors (Lipinski definition) is 2. The Morgan fingerprint density at radius 2 is 2.07 bits per heavy atom. The van der Waals surface area contributed by atoms with Crippen LogP contribution in [-0.4, -0.2) is 55.1 Å². The molecule has 0 aromatic rings. The highest BCUT2D eigenvalue weighted by atomic mass is 16.2. The lowest BCUT2D eigenvalue weighted by molar-refractivity contribution is 0.116. The first-order valence-corrected chi connectivity index (χ1v) is 5.64. The molecule has 1 rings (SSSR count). The Bertz CT molecular complexity index is 228. The van der Waals surface area contributed by atoms with Crippen LogP contribution in [0.4, 0.5) is 4.79 Å². The molecule has 0 saturated carbocycles. The van der Waals surface area contributed by atoms with Crippen LogP contribution in [0.2, 0.25) is 0 Å². The van der Waals surface area contributed by atoms with Crippen LogP contribution in [0.5, 0.6) is 0 Å². The molecule has 1 heterocycles. The van der Waals surface area contributed by atoms with E-state index in [1.807, 2.05) is 19.0 Å².